The molecule has 1 aromatic carbocycles. The van der Waals surface area contributed by atoms with Gasteiger partial charge in [0.15, 0.2) is 11.5 Å². The lowest BCUT2D eigenvalue weighted by atomic mass is 10.1. The fraction of sp³-hybridized carbons (Fsp3) is 0.471. The van der Waals surface area contributed by atoms with Gasteiger partial charge in [-0.15, -0.1) is 0 Å². The minimum atomic E-state index is -3.62. The van der Waals surface area contributed by atoms with Gasteiger partial charge in [-0.25, -0.2) is 8.42 Å². The number of aryl methyl sites for hydroxylation is 1. The second-order valence-corrected chi connectivity index (χ2v) is 8.04. The molecule has 0 saturated carbocycles. The standard InChI is InChI=1S/C17H21N3O4S/c1-2-19-14(7-8-18-19)15-4-3-9-20(15)25(21,22)13-5-6-16-17(12-13)24-11-10-23-16/h5-8,12,15H,2-4,9-11H2,1H3. The summed E-state index contributed by atoms with van der Waals surface area (Å²) in [6, 6.07) is 6.56. The summed E-state index contributed by atoms with van der Waals surface area (Å²) in [7, 11) is -3.62. The van der Waals surface area contributed by atoms with Gasteiger partial charge < -0.3 is 9.47 Å². The Bertz CT molecular complexity index is 878. The maximum absolute atomic E-state index is 13.2. The molecule has 3 heterocycles. The topological polar surface area (TPSA) is 73.7 Å². The van der Waals surface area contributed by atoms with Crippen molar-refractivity contribution in [2.24, 2.45) is 0 Å². The number of fused-ring (bicyclic) bond motifs is 1. The zero-order valence-electron chi connectivity index (χ0n) is 14.1. The second kappa shape index (κ2) is 6.34. The molecule has 2 aromatic rings. The van der Waals surface area contributed by atoms with E-state index >= 15 is 0 Å². The predicted molar refractivity (Wildman–Crippen MR) is 91.2 cm³/mol. The molecule has 0 bridgehead atoms. The molecule has 1 fully saturated rings. The average molecular weight is 363 g/mol. The van der Waals surface area contributed by atoms with Crippen molar-refractivity contribution < 1.29 is 17.9 Å². The van der Waals surface area contributed by atoms with Gasteiger partial charge >= 0.3 is 0 Å². The first-order valence-corrected chi connectivity index (χ1v) is 9.98. The Balaban J connectivity index is 1.69. The maximum atomic E-state index is 13.2. The SMILES string of the molecule is CCn1nccc1C1CCCN1S(=O)(=O)c1ccc2c(c1)OCCO2. The lowest BCUT2D eigenvalue weighted by Gasteiger charge is -2.25. The van der Waals surface area contributed by atoms with Gasteiger partial charge in [0.05, 0.1) is 16.6 Å². The fourth-order valence-corrected chi connectivity index (χ4v) is 5.22. The Kier molecular flexibility index (Phi) is 4.16. The van der Waals surface area contributed by atoms with Gasteiger partial charge in [0.2, 0.25) is 10.0 Å². The molecule has 1 saturated heterocycles. The van der Waals surface area contributed by atoms with E-state index in [0.717, 1.165) is 25.1 Å². The lowest BCUT2D eigenvalue weighted by Crippen LogP contribution is -2.32. The van der Waals surface area contributed by atoms with Gasteiger partial charge in [-0.3, -0.25) is 4.68 Å². The van der Waals surface area contributed by atoms with Gasteiger partial charge in [0.1, 0.15) is 13.2 Å². The molecule has 2 aliphatic heterocycles. The largest absolute Gasteiger partial charge is 0.486 e. The number of ether oxygens (including phenoxy) is 2. The van der Waals surface area contributed by atoms with E-state index in [-0.39, 0.29) is 10.9 Å². The third-order valence-electron chi connectivity index (χ3n) is 4.71. The van der Waals surface area contributed by atoms with Crippen LogP contribution in [-0.4, -0.2) is 42.3 Å². The molecule has 0 amide bonds. The summed E-state index contributed by atoms with van der Waals surface area (Å²) in [5.41, 5.74) is 0.945. The quantitative estimate of drug-likeness (QED) is 0.833. The molecule has 1 aromatic heterocycles. The number of sulfonamides is 1. The third-order valence-corrected chi connectivity index (χ3v) is 6.62. The van der Waals surface area contributed by atoms with Crippen LogP contribution in [0.25, 0.3) is 0 Å². The average Bonchev–Trinajstić information content (AvgIpc) is 3.29. The molecule has 0 spiro atoms. The highest BCUT2D eigenvalue weighted by atomic mass is 32.2. The minimum absolute atomic E-state index is 0.180. The van der Waals surface area contributed by atoms with Crippen LogP contribution < -0.4 is 9.47 Å². The van der Waals surface area contributed by atoms with Crippen LogP contribution in [0.2, 0.25) is 0 Å². The molecular weight excluding hydrogens is 342 g/mol. The van der Waals surface area contributed by atoms with Gasteiger partial charge in [-0.2, -0.15) is 9.40 Å². The summed E-state index contributed by atoms with van der Waals surface area (Å²) in [5.74, 6) is 1.08. The molecule has 0 radical (unpaired) electrons. The van der Waals surface area contributed by atoms with E-state index in [1.807, 2.05) is 17.7 Å². The van der Waals surface area contributed by atoms with Crippen molar-refractivity contribution in [3.05, 3.63) is 36.2 Å². The monoisotopic (exact) mass is 363 g/mol. The van der Waals surface area contributed by atoms with E-state index in [0.29, 0.717) is 31.3 Å². The lowest BCUT2D eigenvalue weighted by molar-refractivity contribution is 0.171. The van der Waals surface area contributed by atoms with Gasteiger partial charge in [0.25, 0.3) is 0 Å². The Morgan fingerprint density at radius 1 is 1.20 bits per heavy atom. The smallest absolute Gasteiger partial charge is 0.243 e. The van der Waals surface area contributed by atoms with Crippen LogP contribution >= 0.6 is 0 Å². The van der Waals surface area contributed by atoms with Crippen molar-refractivity contribution in [3.63, 3.8) is 0 Å². The fourth-order valence-electron chi connectivity index (χ4n) is 3.53. The van der Waals surface area contributed by atoms with Crippen LogP contribution in [0.15, 0.2) is 35.4 Å². The van der Waals surface area contributed by atoms with E-state index in [4.69, 9.17) is 9.47 Å². The first-order valence-electron chi connectivity index (χ1n) is 8.54. The third kappa shape index (κ3) is 2.79. The van der Waals surface area contributed by atoms with Gasteiger partial charge in [-0.05, 0) is 38.0 Å². The number of nitrogens with zero attached hydrogens (tertiary/aromatic N) is 3. The van der Waals surface area contributed by atoms with Crippen LogP contribution in [0.1, 0.15) is 31.5 Å². The molecule has 4 rings (SSSR count). The van der Waals surface area contributed by atoms with Crippen molar-refractivity contribution >= 4 is 10.0 Å². The predicted octanol–water partition coefficient (Wildman–Crippen LogP) is 2.20. The summed E-state index contributed by atoms with van der Waals surface area (Å²) in [6.07, 6.45) is 3.37. The highest BCUT2D eigenvalue weighted by molar-refractivity contribution is 7.89. The zero-order valence-corrected chi connectivity index (χ0v) is 14.9. The normalized spacial score (nSPS) is 20.8. The molecule has 1 unspecified atom stereocenters. The van der Waals surface area contributed by atoms with Crippen LogP contribution in [0, 0.1) is 0 Å². The number of benzene rings is 1. The molecule has 0 aliphatic carbocycles. The maximum Gasteiger partial charge on any atom is 0.243 e. The summed E-state index contributed by atoms with van der Waals surface area (Å²) in [4.78, 5) is 0.242. The van der Waals surface area contributed by atoms with E-state index < -0.39 is 10.0 Å². The molecule has 8 heteroatoms. The van der Waals surface area contributed by atoms with Crippen molar-refractivity contribution in [1.29, 1.82) is 0 Å². The molecule has 134 valence electrons. The molecule has 2 aliphatic rings. The summed E-state index contributed by atoms with van der Waals surface area (Å²) in [5, 5.41) is 4.28. The summed E-state index contributed by atoms with van der Waals surface area (Å²) < 4.78 is 40.9. The first-order chi connectivity index (χ1) is 12.1. The van der Waals surface area contributed by atoms with Gasteiger partial charge in [-0.1, -0.05) is 0 Å². The number of rotatable bonds is 4. The highest BCUT2D eigenvalue weighted by Gasteiger charge is 2.38. The Morgan fingerprint density at radius 3 is 2.80 bits per heavy atom. The number of hydrogen-bond donors (Lipinski definition) is 0. The number of hydrogen-bond acceptors (Lipinski definition) is 5. The molecule has 0 N–H and O–H groups in total. The van der Waals surface area contributed by atoms with E-state index in [9.17, 15) is 8.42 Å². The van der Waals surface area contributed by atoms with Crippen molar-refractivity contribution in [1.82, 2.24) is 14.1 Å². The van der Waals surface area contributed by atoms with Crippen LogP contribution in [0.4, 0.5) is 0 Å². The molecule has 7 nitrogen and oxygen atoms in total. The van der Waals surface area contributed by atoms with Crippen molar-refractivity contribution in [2.45, 2.75) is 37.2 Å². The van der Waals surface area contributed by atoms with Crippen LogP contribution in [0.5, 0.6) is 11.5 Å². The van der Waals surface area contributed by atoms with E-state index in [1.54, 1.807) is 28.7 Å². The molecule has 25 heavy (non-hydrogen) atoms. The number of aromatic nitrogens is 2. The minimum Gasteiger partial charge on any atom is -0.486 e. The Hall–Kier alpha value is -2.06. The Morgan fingerprint density at radius 2 is 2.00 bits per heavy atom. The molecular formula is C17H21N3O4S. The first kappa shape index (κ1) is 16.4. The Labute approximate surface area is 147 Å². The van der Waals surface area contributed by atoms with E-state index in [2.05, 4.69) is 5.10 Å². The van der Waals surface area contributed by atoms with Gasteiger partial charge in [0, 0.05) is 25.4 Å². The van der Waals surface area contributed by atoms with Crippen LogP contribution in [0.3, 0.4) is 0 Å². The summed E-state index contributed by atoms with van der Waals surface area (Å²) >= 11 is 0. The van der Waals surface area contributed by atoms with E-state index in [1.165, 1.54) is 0 Å². The highest BCUT2D eigenvalue weighted by Crippen LogP contribution is 2.39. The second-order valence-electron chi connectivity index (χ2n) is 6.15. The van der Waals surface area contributed by atoms with Crippen LogP contribution in [-0.2, 0) is 16.6 Å². The summed E-state index contributed by atoms with van der Waals surface area (Å²) in [6.45, 7) is 4.14. The molecule has 1 atom stereocenters. The van der Waals surface area contributed by atoms with Crippen molar-refractivity contribution in [3.8, 4) is 11.5 Å². The zero-order chi connectivity index (χ0) is 17.4. The van der Waals surface area contributed by atoms with Crippen molar-refractivity contribution in [2.75, 3.05) is 19.8 Å².